The Morgan fingerprint density at radius 1 is 1.19 bits per heavy atom. The Bertz CT molecular complexity index is 820. The molecule has 2 heterocycles. The minimum atomic E-state index is -0.584. The lowest BCUT2D eigenvalue weighted by Gasteiger charge is -2.08. The number of rotatable bonds is 2. The standard InChI is InChI=1S/C15H15N5O/c1-9-12-3-2-4-13(20(12)14(16)18-9)10-5-7-11(8-6-10)19-15(17)21/h2-8H,1H3,(H2,16,18)(H3,17,19,21). The lowest BCUT2D eigenvalue weighted by Crippen LogP contribution is -2.19. The Morgan fingerprint density at radius 2 is 1.90 bits per heavy atom. The number of aryl methyl sites for hydroxylation is 1. The maximum Gasteiger partial charge on any atom is 0.316 e. The maximum absolute atomic E-state index is 10.8. The number of nitrogens with zero attached hydrogens (tertiary/aromatic N) is 2. The number of benzene rings is 1. The zero-order chi connectivity index (χ0) is 15.0. The Labute approximate surface area is 121 Å². The molecule has 0 atom stereocenters. The molecule has 2 amide bonds. The number of amides is 2. The highest BCUT2D eigenvalue weighted by Gasteiger charge is 2.10. The average molecular weight is 281 g/mol. The molecular formula is C15H15N5O. The van der Waals surface area contributed by atoms with Crippen molar-refractivity contribution in [1.82, 2.24) is 9.38 Å². The first kappa shape index (κ1) is 13.0. The third kappa shape index (κ3) is 2.27. The number of nitrogens with two attached hydrogens (primary N) is 2. The average Bonchev–Trinajstić information content (AvgIpc) is 2.75. The highest BCUT2D eigenvalue weighted by Crippen LogP contribution is 2.26. The summed E-state index contributed by atoms with van der Waals surface area (Å²) in [6, 6.07) is 12.7. The van der Waals surface area contributed by atoms with Crippen LogP contribution in [-0.2, 0) is 0 Å². The normalized spacial score (nSPS) is 10.7. The lowest BCUT2D eigenvalue weighted by atomic mass is 10.1. The first-order chi connectivity index (χ1) is 10.1. The molecule has 3 aromatic rings. The largest absolute Gasteiger partial charge is 0.369 e. The number of carbonyl (C=O) groups is 1. The van der Waals surface area contributed by atoms with Gasteiger partial charge in [-0.25, -0.2) is 9.78 Å². The molecule has 0 unspecified atom stereocenters. The van der Waals surface area contributed by atoms with Gasteiger partial charge >= 0.3 is 6.03 Å². The number of primary amides is 1. The van der Waals surface area contributed by atoms with Crippen LogP contribution < -0.4 is 16.8 Å². The first-order valence-corrected chi connectivity index (χ1v) is 6.46. The van der Waals surface area contributed by atoms with Gasteiger partial charge in [0.15, 0.2) is 0 Å². The highest BCUT2D eigenvalue weighted by molar-refractivity contribution is 5.88. The fourth-order valence-corrected chi connectivity index (χ4v) is 2.41. The van der Waals surface area contributed by atoms with E-state index >= 15 is 0 Å². The van der Waals surface area contributed by atoms with Crippen molar-refractivity contribution in [3.63, 3.8) is 0 Å². The van der Waals surface area contributed by atoms with Gasteiger partial charge < -0.3 is 16.8 Å². The summed E-state index contributed by atoms with van der Waals surface area (Å²) in [5.74, 6) is 0.456. The van der Waals surface area contributed by atoms with Gasteiger partial charge in [0.2, 0.25) is 5.95 Å². The van der Waals surface area contributed by atoms with Crippen LogP contribution in [0, 0.1) is 6.92 Å². The molecule has 106 valence electrons. The van der Waals surface area contributed by atoms with Crippen LogP contribution in [0.25, 0.3) is 16.8 Å². The van der Waals surface area contributed by atoms with Crippen molar-refractivity contribution in [3.05, 3.63) is 48.2 Å². The van der Waals surface area contributed by atoms with Gasteiger partial charge in [-0.3, -0.25) is 4.40 Å². The molecule has 1 aromatic carbocycles. The van der Waals surface area contributed by atoms with Gasteiger partial charge in [0.25, 0.3) is 0 Å². The molecule has 0 aliphatic heterocycles. The van der Waals surface area contributed by atoms with Gasteiger partial charge in [0.1, 0.15) is 0 Å². The molecule has 0 aliphatic rings. The van der Waals surface area contributed by atoms with E-state index in [4.69, 9.17) is 11.5 Å². The SMILES string of the molecule is Cc1nc(N)n2c(-c3ccc(NC(N)=O)cc3)cccc12. The summed E-state index contributed by atoms with van der Waals surface area (Å²) in [5.41, 5.74) is 15.5. The van der Waals surface area contributed by atoms with Gasteiger partial charge in [-0.15, -0.1) is 0 Å². The van der Waals surface area contributed by atoms with Crippen molar-refractivity contribution in [1.29, 1.82) is 0 Å². The fraction of sp³-hybridized carbons (Fsp3) is 0.0667. The van der Waals surface area contributed by atoms with Crippen molar-refractivity contribution in [2.75, 3.05) is 11.1 Å². The zero-order valence-electron chi connectivity index (χ0n) is 11.5. The number of urea groups is 1. The third-order valence-corrected chi connectivity index (χ3v) is 3.32. The quantitative estimate of drug-likeness (QED) is 0.672. The Hall–Kier alpha value is -3.02. The molecule has 6 nitrogen and oxygen atoms in total. The van der Waals surface area contributed by atoms with Crippen molar-refractivity contribution in [3.8, 4) is 11.3 Å². The first-order valence-electron chi connectivity index (χ1n) is 6.46. The molecule has 0 aliphatic carbocycles. The summed E-state index contributed by atoms with van der Waals surface area (Å²) in [6.45, 7) is 1.93. The van der Waals surface area contributed by atoms with E-state index < -0.39 is 6.03 Å². The third-order valence-electron chi connectivity index (χ3n) is 3.32. The van der Waals surface area contributed by atoms with E-state index in [1.54, 1.807) is 12.1 Å². The van der Waals surface area contributed by atoms with E-state index in [2.05, 4.69) is 10.3 Å². The summed E-state index contributed by atoms with van der Waals surface area (Å²) in [7, 11) is 0. The van der Waals surface area contributed by atoms with Crippen LogP contribution >= 0.6 is 0 Å². The van der Waals surface area contributed by atoms with E-state index in [-0.39, 0.29) is 0 Å². The van der Waals surface area contributed by atoms with Crippen LogP contribution in [0.15, 0.2) is 42.5 Å². The minimum Gasteiger partial charge on any atom is -0.369 e. The second-order valence-corrected chi connectivity index (χ2v) is 4.75. The molecular weight excluding hydrogens is 266 g/mol. The number of nitrogen functional groups attached to an aromatic ring is 1. The van der Waals surface area contributed by atoms with Crippen LogP contribution in [0.4, 0.5) is 16.4 Å². The molecule has 6 heteroatoms. The number of pyridine rings is 1. The van der Waals surface area contributed by atoms with E-state index in [1.165, 1.54) is 0 Å². The number of hydrogen-bond acceptors (Lipinski definition) is 3. The molecule has 0 spiro atoms. The lowest BCUT2D eigenvalue weighted by molar-refractivity contribution is 0.259. The van der Waals surface area contributed by atoms with Crippen molar-refractivity contribution in [2.24, 2.45) is 5.73 Å². The van der Waals surface area contributed by atoms with Crippen LogP contribution in [0.5, 0.6) is 0 Å². The molecule has 0 bridgehead atoms. The molecule has 0 radical (unpaired) electrons. The van der Waals surface area contributed by atoms with Crippen LogP contribution in [0.2, 0.25) is 0 Å². The summed E-state index contributed by atoms with van der Waals surface area (Å²) in [6.07, 6.45) is 0. The van der Waals surface area contributed by atoms with Gasteiger partial charge in [0.05, 0.1) is 16.9 Å². The van der Waals surface area contributed by atoms with Crippen LogP contribution in [-0.4, -0.2) is 15.4 Å². The smallest absolute Gasteiger partial charge is 0.316 e. The fourth-order valence-electron chi connectivity index (χ4n) is 2.41. The van der Waals surface area contributed by atoms with Crippen LogP contribution in [0.3, 0.4) is 0 Å². The summed E-state index contributed by atoms with van der Waals surface area (Å²) < 4.78 is 1.91. The molecule has 5 N–H and O–H groups in total. The Balaban J connectivity index is 2.10. The van der Waals surface area contributed by atoms with Gasteiger partial charge in [-0.05, 0) is 36.8 Å². The Morgan fingerprint density at radius 3 is 2.57 bits per heavy atom. The van der Waals surface area contributed by atoms with Crippen molar-refractivity contribution < 1.29 is 4.79 Å². The Kier molecular flexibility index (Phi) is 2.98. The number of fused-ring (bicyclic) bond motifs is 1. The predicted molar refractivity (Wildman–Crippen MR) is 83.0 cm³/mol. The molecule has 0 saturated heterocycles. The van der Waals surface area contributed by atoms with Gasteiger partial charge in [-0.1, -0.05) is 18.2 Å². The molecule has 3 rings (SSSR count). The predicted octanol–water partition coefficient (Wildman–Crippen LogP) is 2.38. The molecule has 2 aromatic heterocycles. The van der Waals surface area contributed by atoms with Gasteiger partial charge in [-0.2, -0.15) is 0 Å². The zero-order valence-corrected chi connectivity index (χ0v) is 11.5. The number of anilines is 2. The van der Waals surface area contributed by atoms with E-state index in [1.807, 2.05) is 41.7 Å². The molecule has 0 saturated carbocycles. The number of hydrogen-bond donors (Lipinski definition) is 3. The number of imidazole rings is 1. The second-order valence-electron chi connectivity index (χ2n) is 4.75. The molecule has 21 heavy (non-hydrogen) atoms. The monoisotopic (exact) mass is 281 g/mol. The van der Waals surface area contributed by atoms with E-state index in [0.717, 1.165) is 22.5 Å². The summed E-state index contributed by atoms with van der Waals surface area (Å²) in [4.78, 5) is 15.1. The van der Waals surface area contributed by atoms with Crippen molar-refractivity contribution in [2.45, 2.75) is 6.92 Å². The number of aromatic nitrogens is 2. The summed E-state index contributed by atoms with van der Waals surface area (Å²) >= 11 is 0. The molecule has 0 fully saturated rings. The maximum atomic E-state index is 10.8. The van der Waals surface area contributed by atoms with Gasteiger partial charge in [0, 0.05) is 5.69 Å². The van der Waals surface area contributed by atoms with Crippen molar-refractivity contribution >= 4 is 23.2 Å². The number of carbonyl (C=O) groups excluding carboxylic acids is 1. The minimum absolute atomic E-state index is 0.456. The highest BCUT2D eigenvalue weighted by atomic mass is 16.2. The van der Waals surface area contributed by atoms with Crippen LogP contribution in [0.1, 0.15) is 5.69 Å². The number of nitrogens with one attached hydrogen (secondary N) is 1. The van der Waals surface area contributed by atoms with E-state index in [9.17, 15) is 4.79 Å². The van der Waals surface area contributed by atoms with E-state index in [0.29, 0.717) is 11.6 Å². The topological polar surface area (TPSA) is 98.4 Å². The second kappa shape index (κ2) is 4.82. The summed E-state index contributed by atoms with van der Waals surface area (Å²) in [5, 5.41) is 2.53.